The van der Waals surface area contributed by atoms with Crippen molar-refractivity contribution in [2.45, 2.75) is 50.1 Å². The minimum Gasteiger partial charge on any atom is -0.381 e. The van der Waals surface area contributed by atoms with Gasteiger partial charge in [-0.1, -0.05) is 12.1 Å². The third-order valence-electron chi connectivity index (χ3n) is 6.17. The molecule has 3 aliphatic rings. The number of hydrogen-bond acceptors (Lipinski definition) is 5. The van der Waals surface area contributed by atoms with E-state index in [-0.39, 0.29) is 30.7 Å². The highest BCUT2D eigenvalue weighted by Crippen LogP contribution is 2.40. The molecule has 2 aliphatic heterocycles. The van der Waals surface area contributed by atoms with E-state index in [0.29, 0.717) is 50.9 Å². The first-order valence-electron chi connectivity index (χ1n) is 9.73. The van der Waals surface area contributed by atoms with Gasteiger partial charge >= 0.3 is 6.03 Å². The van der Waals surface area contributed by atoms with Crippen LogP contribution in [0.4, 0.5) is 9.18 Å². The van der Waals surface area contributed by atoms with Gasteiger partial charge in [0.1, 0.15) is 11.7 Å². The van der Waals surface area contributed by atoms with E-state index in [4.69, 9.17) is 10.5 Å². The molecule has 1 unspecified atom stereocenters. The normalized spacial score (nSPS) is 27.4. The number of barbiturate groups is 1. The molecule has 0 aromatic heterocycles. The summed E-state index contributed by atoms with van der Waals surface area (Å²) in [6, 6.07) is 3.97. The maximum Gasteiger partial charge on any atom is 0.331 e. The molecule has 9 heteroatoms. The van der Waals surface area contributed by atoms with E-state index in [1.54, 1.807) is 6.07 Å². The maximum atomic E-state index is 14.4. The van der Waals surface area contributed by atoms with Crippen molar-refractivity contribution >= 4 is 30.3 Å². The second kappa shape index (κ2) is 8.38. The standard InChI is InChI=1S/C20H24FN3O4.ClH/c21-15-3-1-2-12-4-8-20(22,16(12)15)9-5-14-17(25)23-19(27)24(18(14)26)13-6-10-28-11-7-13;/h1-3,13-14H,4-11,22H2,(H,23,25,27);1H/t14?,20-;/m1./s1. The first-order chi connectivity index (χ1) is 13.4. The molecule has 3 N–H and O–H groups in total. The van der Waals surface area contributed by atoms with Crippen molar-refractivity contribution in [3.05, 3.63) is 35.1 Å². The Hall–Kier alpha value is -2.03. The number of aryl methyl sites for hydroxylation is 1. The third kappa shape index (κ3) is 3.89. The van der Waals surface area contributed by atoms with E-state index in [1.807, 2.05) is 6.07 Å². The SMILES string of the molecule is Cl.N[C@@]1(CCC2C(=O)NC(=O)N(C3CCOCC3)C2=O)CCc2cccc(F)c21. The molecule has 4 rings (SSSR count). The lowest BCUT2D eigenvalue weighted by Crippen LogP contribution is -2.61. The number of imide groups is 2. The largest absolute Gasteiger partial charge is 0.381 e. The first-order valence-corrected chi connectivity index (χ1v) is 9.73. The lowest BCUT2D eigenvalue weighted by atomic mass is 9.83. The zero-order valence-corrected chi connectivity index (χ0v) is 16.8. The van der Waals surface area contributed by atoms with Crippen LogP contribution in [0.5, 0.6) is 0 Å². The van der Waals surface area contributed by atoms with Crippen molar-refractivity contribution in [2.24, 2.45) is 11.7 Å². The van der Waals surface area contributed by atoms with E-state index >= 15 is 0 Å². The third-order valence-corrected chi connectivity index (χ3v) is 6.17. The number of halogens is 2. The van der Waals surface area contributed by atoms with Gasteiger partial charge in [-0.25, -0.2) is 9.18 Å². The van der Waals surface area contributed by atoms with Crippen molar-refractivity contribution in [2.75, 3.05) is 13.2 Å². The van der Waals surface area contributed by atoms with Crippen molar-refractivity contribution < 1.29 is 23.5 Å². The molecule has 0 bridgehead atoms. The molecule has 2 saturated heterocycles. The lowest BCUT2D eigenvalue weighted by molar-refractivity contribution is -0.145. The van der Waals surface area contributed by atoms with Crippen LogP contribution in [0.3, 0.4) is 0 Å². The molecule has 29 heavy (non-hydrogen) atoms. The zero-order valence-electron chi connectivity index (χ0n) is 16.0. The number of carbonyl (C=O) groups is 3. The first kappa shape index (κ1) is 21.7. The Bertz CT molecular complexity index is 830. The number of fused-ring (bicyclic) bond motifs is 1. The molecule has 0 saturated carbocycles. The van der Waals surface area contributed by atoms with Crippen molar-refractivity contribution in [1.29, 1.82) is 0 Å². The van der Waals surface area contributed by atoms with Gasteiger partial charge in [-0.2, -0.15) is 0 Å². The predicted octanol–water partition coefficient (Wildman–Crippen LogP) is 2.00. The molecule has 0 radical (unpaired) electrons. The smallest absolute Gasteiger partial charge is 0.331 e. The Kier molecular flexibility index (Phi) is 6.26. The summed E-state index contributed by atoms with van der Waals surface area (Å²) in [5, 5.41) is 2.30. The van der Waals surface area contributed by atoms with Crippen LogP contribution in [0.25, 0.3) is 0 Å². The summed E-state index contributed by atoms with van der Waals surface area (Å²) >= 11 is 0. The maximum absolute atomic E-state index is 14.4. The molecule has 2 heterocycles. The Balaban J connectivity index is 0.00000240. The van der Waals surface area contributed by atoms with Crippen LogP contribution in [-0.4, -0.2) is 42.0 Å². The number of benzene rings is 1. The number of nitrogens with one attached hydrogen (secondary N) is 1. The van der Waals surface area contributed by atoms with Crippen molar-refractivity contribution in [1.82, 2.24) is 10.2 Å². The average molecular weight is 426 g/mol. The van der Waals surface area contributed by atoms with Crippen LogP contribution in [0.1, 0.15) is 43.2 Å². The molecule has 158 valence electrons. The Labute approximate surface area is 174 Å². The fourth-order valence-corrected chi connectivity index (χ4v) is 4.65. The Morgan fingerprint density at radius 2 is 1.97 bits per heavy atom. The fourth-order valence-electron chi connectivity index (χ4n) is 4.65. The van der Waals surface area contributed by atoms with Gasteiger partial charge in [0.25, 0.3) is 0 Å². The molecule has 2 fully saturated rings. The minimum atomic E-state index is -0.989. The second-order valence-corrected chi connectivity index (χ2v) is 7.87. The quantitative estimate of drug-likeness (QED) is 0.718. The number of ether oxygens (including phenoxy) is 1. The van der Waals surface area contributed by atoms with Crippen LogP contribution < -0.4 is 11.1 Å². The van der Waals surface area contributed by atoms with E-state index < -0.39 is 29.3 Å². The molecule has 7 nitrogen and oxygen atoms in total. The Morgan fingerprint density at radius 1 is 1.24 bits per heavy atom. The van der Waals surface area contributed by atoms with Gasteiger partial charge in [0.15, 0.2) is 0 Å². The number of nitrogens with two attached hydrogens (primary N) is 1. The van der Waals surface area contributed by atoms with Crippen molar-refractivity contribution in [3.63, 3.8) is 0 Å². The van der Waals surface area contributed by atoms with Gasteiger partial charge in [0, 0.05) is 30.4 Å². The molecule has 1 aliphatic carbocycles. The van der Waals surface area contributed by atoms with E-state index in [0.717, 1.165) is 5.56 Å². The van der Waals surface area contributed by atoms with Crippen LogP contribution in [0.2, 0.25) is 0 Å². The summed E-state index contributed by atoms with van der Waals surface area (Å²) in [7, 11) is 0. The molecule has 2 atom stereocenters. The van der Waals surface area contributed by atoms with Crippen LogP contribution in [0, 0.1) is 11.7 Å². The summed E-state index contributed by atoms with van der Waals surface area (Å²) in [6.45, 7) is 0.949. The van der Waals surface area contributed by atoms with Gasteiger partial charge in [-0.05, 0) is 50.2 Å². The predicted molar refractivity (Wildman–Crippen MR) is 105 cm³/mol. The van der Waals surface area contributed by atoms with Gasteiger partial charge in [-0.15, -0.1) is 12.4 Å². The zero-order chi connectivity index (χ0) is 19.9. The lowest BCUT2D eigenvalue weighted by Gasteiger charge is -2.38. The summed E-state index contributed by atoms with van der Waals surface area (Å²) < 4.78 is 19.7. The topological polar surface area (TPSA) is 102 Å². The highest BCUT2D eigenvalue weighted by atomic mass is 35.5. The van der Waals surface area contributed by atoms with Gasteiger partial charge < -0.3 is 10.5 Å². The number of amides is 4. The molecular formula is C20H25ClFN3O4. The number of hydrogen-bond donors (Lipinski definition) is 2. The van der Waals surface area contributed by atoms with Gasteiger partial charge in [-0.3, -0.25) is 19.8 Å². The van der Waals surface area contributed by atoms with Gasteiger partial charge in [0.2, 0.25) is 11.8 Å². The molecular weight excluding hydrogens is 401 g/mol. The van der Waals surface area contributed by atoms with E-state index in [1.165, 1.54) is 11.0 Å². The monoisotopic (exact) mass is 425 g/mol. The molecule has 4 amide bonds. The van der Waals surface area contributed by atoms with E-state index in [2.05, 4.69) is 5.32 Å². The number of urea groups is 1. The number of carbonyl (C=O) groups excluding carboxylic acids is 3. The van der Waals surface area contributed by atoms with Crippen LogP contribution in [0.15, 0.2) is 18.2 Å². The summed E-state index contributed by atoms with van der Waals surface area (Å²) in [4.78, 5) is 38.7. The summed E-state index contributed by atoms with van der Waals surface area (Å²) in [5.41, 5.74) is 6.95. The summed E-state index contributed by atoms with van der Waals surface area (Å²) in [5.74, 6) is -2.43. The van der Waals surface area contributed by atoms with Crippen LogP contribution >= 0.6 is 12.4 Å². The number of nitrogens with zero attached hydrogens (tertiary/aromatic N) is 1. The number of rotatable bonds is 4. The molecule has 0 spiro atoms. The molecule has 1 aromatic carbocycles. The Morgan fingerprint density at radius 3 is 2.69 bits per heavy atom. The van der Waals surface area contributed by atoms with Crippen molar-refractivity contribution in [3.8, 4) is 0 Å². The average Bonchev–Trinajstić information content (AvgIpc) is 3.00. The summed E-state index contributed by atoms with van der Waals surface area (Å²) in [6.07, 6.45) is 2.80. The highest BCUT2D eigenvalue weighted by Gasteiger charge is 2.45. The van der Waals surface area contributed by atoms with Gasteiger partial charge in [0.05, 0.1) is 0 Å². The minimum absolute atomic E-state index is 0. The van der Waals surface area contributed by atoms with E-state index in [9.17, 15) is 18.8 Å². The highest BCUT2D eigenvalue weighted by molar-refractivity contribution is 6.16. The second-order valence-electron chi connectivity index (χ2n) is 7.87. The fraction of sp³-hybridized carbons (Fsp3) is 0.550. The van der Waals surface area contributed by atoms with Crippen LogP contribution in [-0.2, 0) is 26.3 Å². The molecule has 1 aromatic rings.